The maximum Gasteiger partial charge on any atom is 0.109 e. The number of halogens is 1. The molecule has 0 amide bonds. The largest absolute Gasteiger partial charge is 0.385 e. The van der Waals surface area contributed by atoms with Gasteiger partial charge >= 0.3 is 0 Å². The zero-order valence-corrected chi connectivity index (χ0v) is 12.0. The predicted molar refractivity (Wildman–Crippen MR) is 82.5 cm³/mol. The third-order valence-corrected chi connectivity index (χ3v) is 3.50. The van der Waals surface area contributed by atoms with E-state index in [0.717, 1.165) is 5.56 Å². The minimum Gasteiger partial charge on any atom is -0.385 e. The van der Waals surface area contributed by atoms with Gasteiger partial charge in [-0.25, -0.2) is 0 Å². The van der Waals surface area contributed by atoms with Gasteiger partial charge in [-0.15, -0.1) is 0 Å². The Hall–Kier alpha value is -1.61. The van der Waals surface area contributed by atoms with Gasteiger partial charge < -0.3 is 10.2 Å². The second-order valence-corrected chi connectivity index (χ2v) is 4.99. The molecule has 0 aromatic heterocycles. The van der Waals surface area contributed by atoms with Gasteiger partial charge in [0.05, 0.1) is 0 Å². The van der Waals surface area contributed by atoms with E-state index < -0.39 is 12.2 Å². The fourth-order valence-electron chi connectivity index (χ4n) is 2.15. The third kappa shape index (κ3) is 3.28. The van der Waals surface area contributed by atoms with Crippen molar-refractivity contribution in [3.8, 4) is 0 Å². The highest BCUT2D eigenvalue weighted by atomic mass is 35.5. The van der Waals surface area contributed by atoms with Crippen molar-refractivity contribution in [1.82, 2.24) is 0 Å². The molecule has 2 nitrogen and oxygen atoms in total. The number of rotatable bonds is 4. The van der Waals surface area contributed by atoms with Gasteiger partial charge in [0.25, 0.3) is 0 Å². The SMILES string of the molecule is C/C=C(\c1ccccc1)[C@H](O)[C@@H](O)c1ccc(Cl)cc1. The Morgan fingerprint density at radius 1 is 1.00 bits per heavy atom. The molecule has 104 valence electrons. The van der Waals surface area contributed by atoms with E-state index in [1.54, 1.807) is 24.3 Å². The monoisotopic (exact) mass is 288 g/mol. The normalized spacial score (nSPS) is 14.9. The molecule has 0 bridgehead atoms. The minimum absolute atomic E-state index is 0.602. The summed E-state index contributed by atoms with van der Waals surface area (Å²) in [7, 11) is 0. The molecular formula is C17H17ClO2. The van der Waals surface area contributed by atoms with Crippen LogP contribution in [0.25, 0.3) is 5.57 Å². The van der Waals surface area contributed by atoms with Crippen LogP contribution in [0.15, 0.2) is 60.7 Å². The van der Waals surface area contributed by atoms with Crippen LogP contribution in [0.2, 0.25) is 5.02 Å². The standard InChI is InChI=1S/C17H17ClO2/c1-2-15(12-6-4-3-5-7-12)17(20)16(19)13-8-10-14(18)11-9-13/h2-11,16-17,19-20H,1H3/b15-2+/t16-,17-/m0/s1. The van der Waals surface area contributed by atoms with Crippen LogP contribution in [-0.2, 0) is 0 Å². The van der Waals surface area contributed by atoms with Crippen LogP contribution < -0.4 is 0 Å². The van der Waals surface area contributed by atoms with Crippen LogP contribution in [0.3, 0.4) is 0 Å². The summed E-state index contributed by atoms with van der Waals surface area (Å²) in [6.45, 7) is 1.85. The summed E-state index contributed by atoms with van der Waals surface area (Å²) in [5.74, 6) is 0. The predicted octanol–water partition coefficient (Wildman–Crippen LogP) is 3.84. The van der Waals surface area contributed by atoms with Crippen molar-refractivity contribution < 1.29 is 10.2 Å². The van der Waals surface area contributed by atoms with Crippen LogP contribution in [0.4, 0.5) is 0 Å². The first kappa shape index (κ1) is 14.8. The molecule has 2 aromatic carbocycles. The molecule has 0 saturated carbocycles. The van der Waals surface area contributed by atoms with E-state index in [9.17, 15) is 10.2 Å². The summed E-state index contributed by atoms with van der Waals surface area (Å²) in [5.41, 5.74) is 2.24. The number of aliphatic hydroxyl groups excluding tert-OH is 2. The van der Waals surface area contributed by atoms with E-state index in [0.29, 0.717) is 16.2 Å². The van der Waals surface area contributed by atoms with Gasteiger partial charge in [0.2, 0.25) is 0 Å². The lowest BCUT2D eigenvalue weighted by molar-refractivity contribution is 0.0542. The highest BCUT2D eigenvalue weighted by molar-refractivity contribution is 6.30. The van der Waals surface area contributed by atoms with Crippen LogP contribution >= 0.6 is 11.6 Å². The Morgan fingerprint density at radius 3 is 2.15 bits per heavy atom. The quantitative estimate of drug-likeness (QED) is 0.897. The molecular weight excluding hydrogens is 272 g/mol. The number of benzene rings is 2. The van der Waals surface area contributed by atoms with Gasteiger partial charge in [-0.1, -0.05) is 60.1 Å². The molecule has 0 saturated heterocycles. The van der Waals surface area contributed by atoms with E-state index >= 15 is 0 Å². The van der Waals surface area contributed by atoms with Crippen molar-refractivity contribution in [1.29, 1.82) is 0 Å². The lowest BCUT2D eigenvalue weighted by Gasteiger charge is -2.21. The summed E-state index contributed by atoms with van der Waals surface area (Å²) in [6.07, 6.45) is -0.152. The number of aliphatic hydroxyl groups is 2. The Morgan fingerprint density at radius 2 is 1.60 bits per heavy atom. The van der Waals surface area contributed by atoms with Crippen LogP contribution in [-0.4, -0.2) is 16.3 Å². The Balaban J connectivity index is 2.25. The first-order valence-corrected chi connectivity index (χ1v) is 6.84. The fourth-order valence-corrected chi connectivity index (χ4v) is 2.28. The molecule has 0 unspecified atom stereocenters. The lowest BCUT2D eigenvalue weighted by Crippen LogP contribution is -2.20. The Kier molecular flexibility index (Phi) is 4.96. The fraction of sp³-hybridized carbons (Fsp3) is 0.176. The first-order chi connectivity index (χ1) is 9.63. The zero-order chi connectivity index (χ0) is 14.5. The van der Waals surface area contributed by atoms with Gasteiger partial charge in [-0.2, -0.15) is 0 Å². The lowest BCUT2D eigenvalue weighted by atomic mass is 9.93. The molecule has 0 radical (unpaired) electrons. The summed E-state index contributed by atoms with van der Waals surface area (Å²) in [5, 5.41) is 21.3. The molecule has 20 heavy (non-hydrogen) atoms. The molecule has 0 heterocycles. The number of hydrogen-bond donors (Lipinski definition) is 2. The van der Waals surface area contributed by atoms with Crippen LogP contribution in [0.1, 0.15) is 24.2 Å². The number of allylic oxidation sites excluding steroid dienone is 1. The molecule has 2 N–H and O–H groups in total. The molecule has 0 spiro atoms. The highest BCUT2D eigenvalue weighted by Crippen LogP contribution is 2.28. The maximum atomic E-state index is 10.4. The van der Waals surface area contributed by atoms with Crippen molar-refractivity contribution in [3.63, 3.8) is 0 Å². The van der Waals surface area contributed by atoms with Gasteiger partial charge in [-0.3, -0.25) is 0 Å². The Bertz CT molecular complexity index is 576. The molecule has 0 aliphatic heterocycles. The maximum absolute atomic E-state index is 10.4. The zero-order valence-electron chi connectivity index (χ0n) is 11.2. The molecule has 0 fully saturated rings. The van der Waals surface area contributed by atoms with Crippen molar-refractivity contribution in [2.75, 3.05) is 0 Å². The van der Waals surface area contributed by atoms with E-state index in [1.807, 2.05) is 43.3 Å². The first-order valence-electron chi connectivity index (χ1n) is 6.46. The smallest absolute Gasteiger partial charge is 0.109 e. The van der Waals surface area contributed by atoms with Crippen LogP contribution in [0, 0.1) is 0 Å². The summed E-state index contributed by atoms with van der Waals surface area (Å²) in [4.78, 5) is 0. The van der Waals surface area contributed by atoms with E-state index in [2.05, 4.69) is 0 Å². The van der Waals surface area contributed by atoms with Crippen molar-refractivity contribution in [2.45, 2.75) is 19.1 Å². The molecule has 3 heteroatoms. The summed E-state index contributed by atoms with van der Waals surface area (Å²) < 4.78 is 0. The summed E-state index contributed by atoms with van der Waals surface area (Å²) in [6, 6.07) is 16.4. The second-order valence-electron chi connectivity index (χ2n) is 4.55. The van der Waals surface area contributed by atoms with Gasteiger partial charge in [-0.05, 0) is 35.8 Å². The van der Waals surface area contributed by atoms with Gasteiger partial charge in [0.15, 0.2) is 0 Å². The highest BCUT2D eigenvalue weighted by Gasteiger charge is 2.22. The molecule has 2 aromatic rings. The topological polar surface area (TPSA) is 40.5 Å². The van der Waals surface area contributed by atoms with Crippen molar-refractivity contribution in [2.24, 2.45) is 0 Å². The average molecular weight is 289 g/mol. The van der Waals surface area contributed by atoms with E-state index in [4.69, 9.17) is 11.6 Å². The minimum atomic E-state index is -0.987. The molecule has 0 aliphatic carbocycles. The molecule has 0 aliphatic rings. The summed E-state index contributed by atoms with van der Waals surface area (Å²) >= 11 is 5.83. The second kappa shape index (κ2) is 6.71. The van der Waals surface area contributed by atoms with Crippen molar-refractivity contribution in [3.05, 3.63) is 76.8 Å². The van der Waals surface area contributed by atoms with Gasteiger partial charge in [0, 0.05) is 5.02 Å². The van der Waals surface area contributed by atoms with Crippen LogP contribution in [0.5, 0.6) is 0 Å². The van der Waals surface area contributed by atoms with E-state index in [-0.39, 0.29) is 0 Å². The molecule has 2 atom stereocenters. The Labute approximate surface area is 124 Å². The average Bonchev–Trinajstić information content (AvgIpc) is 2.49. The van der Waals surface area contributed by atoms with Crippen molar-refractivity contribution >= 4 is 17.2 Å². The van der Waals surface area contributed by atoms with Gasteiger partial charge in [0.1, 0.15) is 12.2 Å². The number of hydrogen-bond acceptors (Lipinski definition) is 2. The van der Waals surface area contributed by atoms with E-state index in [1.165, 1.54) is 0 Å². The molecule has 2 rings (SSSR count). The third-order valence-electron chi connectivity index (χ3n) is 3.25.